The van der Waals surface area contributed by atoms with Gasteiger partial charge in [-0.3, -0.25) is 4.79 Å². The average molecular weight is 388 g/mol. The number of hydrogen-bond donors (Lipinski definition) is 1. The first kappa shape index (κ1) is 17.8. The van der Waals surface area contributed by atoms with Crippen molar-refractivity contribution in [2.24, 2.45) is 0 Å². The van der Waals surface area contributed by atoms with Crippen LogP contribution in [0.5, 0.6) is 0 Å². The third-order valence-corrected chi connectivity index (χ3v) is 4.89. The standard InChI is InChI=1S/C18H17FN4O3S/c19-12-5-3-6-13(11-12)23-17(14-7-4-10-27-14)20-16(21-23)18(24)22-26-15-8-1-2-9-25-15/h3-7,10-11,15H,1-2,8-9H2,(H,22,24). The highest BCUT2D eigenvalue weighted by molar-refractivity contribution is 7.13. The lowest BCUT2D eigenvalue weighted by atomic mass is 10.2. The summed E-state index contributed by atoms with van der Waals surface area (Å²) in [5.74, 6) is -0.603. The maximum Gasteiger partial charge on any atom is 0.314 e. The quantitative estimate of drug-likeness (QED) is 0.679. The highest BCUT2D eigenvalue weighted by atomic mass is 32.1. The molecule has 0 radical (unpaired) electrons. The smallest absolute Gasteiger partial charge is 0.314 e. The predicted molar refractivity (Wildman–Crippen MR) is 96.8 cm³/mol. The molecule has 27 heavy (non-hydrogen) atoms. The average Bonchev–Trinajstić information content (AvgIpc) is 3.36. The fourth-order valence-corrected chi connectivity index (χ4v) is 3.43. The Morgan fingerprint density at radius 3 is 3.00 bits per heavy atom. The van der Waals surface area contributed by atoms with Crippen LogP contribution in [0, 0.1) is 5.82 Å². The van der Waals surface area contributed by atoms with Gasteiger partial charge < -0.3 is 4.74 Å². The largest absolute Gasteiger partial charge is 0.350 e. The molecule has 1 saturated heterocycles. The van der Waals surface area contributed by atoms with E-state index in [2.05, 4.69) is 15.6 Å². The van der Waals surface area contributed by atoms with Crippen LogP contribution in [0.2, 0.25) is 0 Å². The normalized spacial score (nSPS) is 17.0. The molecule has 1 unspecified atom stereocenters. The number of ether oxygens (including phenoxy) is 1. The SMILES string of the molecule is O=C(NOC1CCCCO1)c1nc(-c2cccs2)n(-c2cccc(F)c2)n1. The summed E-state index contributed by atoms with van der Waals surface area (Å²) >= 11 is 1.45. The number of amides is 1. The summed E-state index contributed by atoms with van der Waals surface area (Å²) in [6.07, 6.45) is 2.21. The number of aromatic nitrogens is 3. The van der Waals surface area contributed by atoms with Crippen molar-refractivity contribution in [2.75, 3.05) is 6.61 Å². The van der Waals surface area contributed by atoms with E-state index >= 15 is 0 Å². The minimum absolute atomic E-state index is 0.0709. The van der Waals surface area contributed by atoms with Gasteiger partial charge in [0.05, 0.1) is 10.6 Å². The Morgan fingerprint density at radius 2 is 2.26 bits per heavy atom. The Kier molecular flexibility index (Phi) is 5.23. The summed E-state index contributed by atoms with van der Waals surface area (Å²) in [5, 5.41) is 6.15. The van der Waals surface area contributed by atoms with Crippen molar-refractivity contribution in [2.45, 2.75) is 25.6 Å². The molecule has 1 atom stereocenters. The first-order valence-corrected chi connectivity index (χ1v) is 9.43. The van der Waals surface area contributed by atoms with Crippen molar-refractivity contribution in [1.29, 1.82) is 0 Å². The van der Waals surface area contributed by atoms with Crippen molar-refractivity contribution in [3.63, 3.8) is 0 Å². The van der Waals surface area contributed by atoms with E-state index < -0.39 is 18.0 Å². The van der Waals surface area contributed by atoms with Gasteiger partial charge in [0, 0.05) is 13.0 Å². The summed E-state index contributed by atoms with van der Waals surface area (Å²) in [6.45, 7) is 0.607. The molecule has 3 heterocycles. The zero-order valence-electron chi connectivity index (χ0n) is 14.3. The Morgan fingerprint density at radius 1 is 1.33 bits per heavy atom. The Labute approximate surface area is 158 Å². The molecule has 7 nitrogen and oxygen atoms in total. The molecule has 0 spiro atoms. The van der Waals surface area contributed by atoms with Gasteiger partial charge in [-0.1, -0.05) is 12.1 Å². The lowest BCUT2D eigenvalue weighted by Crippen LogP contribution is -2.33. The number of halogens is 1. The van der Waals surface area contributed by atoms with E-state index in [1.807, 2.05) is 17.5 Å². The number of rotatable bonds is 5. The topological polar surface area (TPSA) is 78.3 Å². The van der Waals surface area contributed by atoms with Gasteiger partial charge in [0.1, 0.15) is 5.82 Å². The van der Waals surface area contributed by atoms with E-state index in [1.54, 1.807) is 12.1 Å². The van der Waals surface area contributed by atoms with Crippen LogP contribution >= 0.6 is 11.3 Å². The Hall–Kier alpha value is -2.62. The number of nitrogens with zero attached hydrogens (tertiary/aromatic N) is 3. The molecule has 1 aliphatic rings. The first-order chi connectivity index (χ1) is 13.2. The fourth-order valence-electron chi connectivity index (χ4n) is 2.73. The number of hydrogen-bond acceptors (Lipinski definition) is 6. The van der Waals surface area contributed by atoms with Gasteiger partial charge in [-0.05, 0) is 42.5 Å². The van der Waals surface area contributed by atoms with Crippen LogP contribution in [-0.4, -0.2) is 33.6 Å². The summed E-state index contributed by atoms with van der Waals surface area (Å²) in [4.78, 5) is 22.9. The van der Waals surface area contributed by atoms with Gasteiger partial charge in [-0.25, -0.2) is 24.4 Å². The molecular weight excluding hydrogens is 371 g/mol. The number of nitrogens with one attached hydrogen (secondary N) is 1. The second-order valence-corrected chi connectivity index (χ2v) is 6.92. The Balaban J connectivity index is 1.60. The molecule has 9 heteroatoms. The summed E-state index contributed by atoms with van der Waals surface area (Å²) in [5.41, 5.74) is 2.82. The van der Waals surface area contributed by atoms with E-state index in [9.17, 15) is 9.18 Å². The van der Waals surface area contributed by atoms with Gasteiger partial charge in [0.25, 0.3) is 0 Å². The molecular formula is C18H17FN4O3S. The van der Waals surface area contributed by atoms with Gasteiger partial charge in [0.2, 0.25) is 5.82 Å². The first-order valence-electron chi connectivity index (χ1n) is 8.55. The lowest BCUT2D eigenvalue weighted by Gasteiger charge is -2.21. The van der Waals surface area contributed by atoms with Crippen LogP contribution in [0.3, 0.4) is 0 Å². The molecule has 0 aliphatic carbocycles. The summed E-state index contributed by atoms with van der Waals surface area (Å²) in [7, 11) is 0. The molecule has 0 bridgehead atoms. The number of carbonyl (C=O) groups excluding carboxylic acids is 1. The number of carbonyl (C=O) groups is 1. The Bertz CT molecular complexity index is 923. The van der Waals surface area contributed by atoms with E-state index in [4.69, 9.17) is 9.57 Å². The highest BCUT2D eigenvalue weighted by Crippen LogP contribution is 2.25. The molecule has 1 N–H and O–H groups in total. The van der Waals surface area contributed by atoms with Crippen LogP contribution in [0.25, 0.3) is 16.4 Å². The van der Waals surface area contributed by atoms with Gasteiger partial charge in [0.15, 0.2) is 12.1 Å². The second kappa shape index (κ2) is 7.95. The fraction of sp³-hybridized carbons (Fsp3) is 0.278. The van der Waals surface area contributed by atoms with Crippen LogP contribution in [0.4, 0.5) is 4.39 Å². The maximum absolute atomic E-state index is 13.6. The van der Waals surface area contributed by atoms with Gasteiger partial charge in [-0.2, -0.15) is 0 Å². The number of thiophene rings is 1. The number of benzene rings is 1. The monoisotopic (exact) mass is 388 g/mol. The maximum atomic E-state index is 13.6. The van der Waals surface area contributed by atoms with E-state index in [1.165, 1.54) is 28.2 Å². The van der Waals surface area contributed by atoms with E-state index in [0.717, 1.165) is 17.7 Å². The molecule has 3 aromatic rings. The van der Waals surface area contributed by atoms with Crippen molar-refractivity contribution >= 4 is 17.2 Å². The zero-order chi connectivity index (χ0) is 18.6. The van der Waals surface area contributed by atoms with Crippen molar-refractivity contribution in [1.82, 2.24) is 20.2 Å². The third kappa shape index (κ3) is 4.05. The van der Waals surface area contributed by atoms with Gasteiger partial charge in [-0.15, -0.1) is 16.4 Å². The zero-order valence-corrected chi connectivity index (χ0v) is 15.1. The minimum Gasteiger partial charge on any atom is -0.350 e. The summed E-state index contributed by atoms with van der Waals surface area (Å²) in [6, 6.07) is 9.68. The van der Waals surface area contributed by atoms with Crippen LogP contribution in [0.1, 0.15) is 29.9 Å². The molecule has 1 fully saturated rings. The van der Waals surface area contributed by atoms with E-state index in [0.29, 0.717) is 24.5 Å². The molecule has 4 rings (SSSR count). The molecule has 2 aromatic heterocycles. The highest BCUT2D eigenvalue weighted by Gasteiger charge is 2.22. The molecule has 1 amide bonds. The molecule has 1 aromatic carbocycles. The molecule has 1 aliphatic heterocycles. The predicted octanol–water partition coefficient (Wildman–Crippen LogP) is 3.32. The van der Waals surface area contributed by atoms with Crippen molar-refractivity contribution in [3.05, 3.63) is 53.4 Å². The lowest BCUT2D eigenvalue weighted by molar-refractivity contribution is -0.186. The second-order valence-electron chi connectivity index (χ2n) is 5.97. The third-order valence-electron chi connectivity index (χ3n) is 4.03. The molecule has 140 valence electrons. The van der Waals surface area contributed by atoms with Crippen LogP contribution < -0.4 is 5.48 Å². The van der Waals surface area contributed by atoms with Crippen molar-refractivity contribution in [3.8, 4) is 16.4 Å². The molecule has 0 saturated carbocycles. The number of hydroxylamine groups is 1. The van der Waals surface area contributed by atoms with Gasteiger partial charge >= 0.3 is 5.91 Å². The van der Waals surface area contributed by atoms with Crippen molar-refractivity contribution < 1.29 is 18.8 Å². The minimum atomic E-state index is -0.586. The van der Waals surface area contributed by atoms with Crippen LogP contribution in [-0.2, 0) is 9.57 Å². The van der Waals surface area contributed by atoms with E-state index in [-0.39, 0.29) is 5.82 Å². The summed E-state index contributed by atoms with van der Waals surface area (Å²) < 4.78 is 20.5. The van der Waals surface area contributed by atoms with Crippen LogP contribution in [0.15, 0.2) is 41.8 Å².